The molecular weight excluding hydrogens is 247 g/mol. The molecule has 1 saturated heterocycles. The molecule has 0 bridgehead atoms. The molecule has 3 N–H and O–H groups in total. The molecule has 1 aromatic rings. The predicted molar refractivity (Wildman–Crippen MR) is 58.0 cm³/mol. The van der Waals surface area contributed by atoms with Gasteiger partial charge in [0.15, 0.2) is 12.4 Å². The summed E-state index contributed by atoms with van der Waals surface area (Å²) in [5.41, 5.74) is -1.18. The number of aliphatic hydroxyl groups is 2. The molecule has 0 radical (unpaired) electrons. The second kappa shape index (κ2) is 4.63. The van der Waals surface area contributed by atoms with Gasteiger partial charge in [0.2, 0.25) is 0 Å². The lowest BCUT2D eigenvalue weighted by atomic mass is 10.1. The van der Waals surface area contributed by atoms with Gasteiger partial charge in [0, 0.05) is 11.8 Å². The molecule has 0 aliphatic carbocycles. The maximum Gasteiger partial charge on any atom is 0.330 e. The van der Waals surface area contributed by atoms with Crippen LogP contribution in [0.25, 0.3) is 0 Å². The molecule has 2 rings (SSSR count). The molecule has 0 saturated carbocycles. The third-order valence-electron chi connectivity index (χ3n) is 2.89. The number of hydrogen-bond donors (Lipinski definition) is 3. The zero-order valence-electron chi connectivity index (χ0n) is 9.54. The highest BCUT2D eigenvalue weighted by Gasteiger charge is 2.45. The van der Waals surface area contributed by atoms with Crippen LogP contribution in [0.1, 0.15) is 11.8 Å². The van der Waals surface area contributed by atoms with E-state index in [2.05, 4.69) is 0 Å². The number of H-pyrrole nitrogens is 1. The Kier molecular flexibility index (Phi) is 3.33. The molecule has 100 valence electrons. The van der Waals surface area contributed by atoms with Crippen molar-refractivity contribution in [1.29, 1.82) is 0 Å². The number of ether oxygens (including phenoxy) is 1. The van der Waals surface area contributed by atoms with Crippen LogP contribution >= 0.6 is 0 Å². The number of aromatic nitrogens is 2. The maximum absolute atomic E-state index is 13.8. The molecule has 1 aromatic heterocycles. The summed E-state index contributed by atoms with van der Waals surface area (Å²) < 4.78 is 19.7. The van der Waals surface area contributed by atoms with Crippen molar-refractivity contribution in [2.75, 3.05) is 6.61 Å². The molecule has 7 nitrogen and oxygen atoms in total. The van der Waals surface area contributed by atoms with Crippen LogP contribution in [0.3, 0.4) is 0 Å². The first-order valence-corrected chi connectivity index (χ1v) is 5.36. The minimum atomic E-state index is -1.86. The number of aromatic amines is 1. The summed E-state index contributed by atoms with van der Waals surface area (Å²) in [5, 5.41) is 18.3. The van der Waals surface area contributed by atoms with Gasteiger partial charge in [-0.1, -0.05) is 0 Å². The Morgan fingerprint density at radius 3 is 2.78 bits per heavy atom. The fraction of sp³-hybridized carbons (Fsp3) is 0.600. The normalized spacial score (nSPS) is 31.8. The highest BCUT2D eigenvalue weighted by molar-refractivity contribution is 5.03. The Balaban J connectivity index is 2.42. The highest BCUT2D eigenvalue weighted by atomic mass is 19.1. The third-order valence-corrected chi connectivity index (χ3v) is 2.89. The molecule has 4 atom stereocenters. The lowest BCUT2D eigenvalue weighted by Crippen LogP contribution is -2.36. The summed E-state index contributed by atoms with van der Waals surface area (Å²) in [4.78, 5) is 24.7. The van der Waals surface area contributed by atoms with Crippen LogP contribution in [0.15, 0.2) is 15.8 Å². The van der Waals surface area contributed by atoms with E-state index in [4.69, 9.17) is 9.84 Å². The van der Waals surface area contributed by atoms with Gasteiger partial charge in [0.25, 0.3) is 5.56 Å². The van der Waals surface area contributed by atoms with E-state index < -0.39 is 42.5 Å². The Morgan fingerprint density at radius 1 is 1.56 bits per heavy atom. The standard InChI is InChI=1S/C10H13FN2O5/c1-4-2-13(10(17)12-8(4)16)9-6(11)7(15)5(3-14)18-9/h2,5-7,9,14-15H,3H2,1H3,(H,12,16,17)/t5-,6+,7?,9?/m1/s1. The van der Waals surface area contributed by atoms with Crippen LogP contribution in [0.4, 0.5) is 4.39 Å². The summed E-state index contributed by atoms with van der Waals surface area (Å²) in [5.74, 6) is 0. The molecule has 18 heavy (non-hydrogen) atoms. The van der Waals surface area contributed by atoms with Crippen molar-refractivity contribution < 1.29 is 19.3 Å². The van der Waals surface area contributed by atoms with Crippen molar-refractivity contribution in [2.45, 2.75) is 31.5 Å². The van der Waals surface area contributed by atoms with Gasteiger partial charge in [0.05, 0.1) is 6.61 Å². The van der Waals surface area contributed by atoms with Gasteiger partial charge in [-0.3, -0.25) is 14.3 Å². The average molecular weight is 260 g/mol. The number of nitrogens with one attached hydrogen (secondary N) is 1. The number of aryl methyl sites for hydroxylation is 1. The first-order valence-electron chi connectivity index (χ1n) is 5.36. The van der Waals surface area contributed by atoms with Crippen LogP contribution in [-0.2, 0) is 4.74 Å². The summed E-state index contributed by atoms with van der Waals surface area (Å²) in [6.45, 7) is 0.895. The topological polar surface area (TPSA) is 105 Å². The number of hydrogen-bond acceptors (Lipinski definition) is 5. The number of nitrogens with zero attached hydrogens (tertiary/aromatic N) is 1. The number of alkyl halides is 1. The quantitative estimate of drug-likeness (QED) is 0.596. The maximum atomic E-state index is 13.8. The average Bonchev–Trinajstić information content (AvgIpc) is 2.61. The molecule has 8 heteroatoms. The van der Waals surface area contributed by atoms with Crippen LogP contribution in [-0.4, -0.2) is 44.8 Å². The molecule has 2 heterocycles. The second-order valence-corrected chi connectivity index (χ2v) is 4.16. The Labute approximate surface area is 100 Å². The van der Waals surface area contributed by atoms with Crippen LogP contribution in [0.2, 0.25) is 0 Å². The molecular formula is C10H13FN2O5. The van der Waals surface area contributed by atoms with Gasteiger partial charge in [-0.05, 0) is 6.92 Å². The van der Waals surface area contributed by atoms with Crippen LogP contribution in [0.5, 0.6) is 0 Å². The van der Waals surface area contributed by atoms with E-state index >= 15 is 0 Å². The van der Waals surface area contributed by atoms with Crippen molar-refractivity contribution in [3.63, 3.8) is 0 Å². The Hall–Kier alpha value is -1.51. The molecule has 0 aromatic carbocycles. The fourth-order valence-corrected chi connectivity index (χ4v) is 1.85. The molecule has 1 aliphatic rings. The molecule has 0 amide bonds. The van der Waals surface area contributed by atoms with E-state index in [0.717, 1.165) is 10.8 Å². The lowest BCUT2D eigenvalue weighted by molar-refractivity contribution is -0.0492. The summed E-state index contributed by atoms with van der Waals surface area (Å²) in [6, 6.07) is 0. The zero-order chi connectivity index (χ0) is 13.4. The van der Waals surface area contributed by atoms with Crippen molar-refractivity contribution >= 4 is 0 Å². The number of rotatable bonds is 2. The van der Waals surface area contributed by atoms with Crippen molar-refractivity contribution in [3.8, 4) is 0 Å². The molecule has 2 unspecified atom stereocenters. The van der Waals surface area contributed by atoms with E-state index in [1.807, 2.05) is 4.98 Å². The first kappa shape index (κ1) is 12.9. The minimum Gasteiger partial charge on any atom is -0.394 e. The molecule has 0 spiro atoms. The van der Waals surface area contributed by atoms with E-state index in [1.54, 1.807) is 0 Å². The summed E-state index contributed by atoms with van der Waals surface area (Å²) >= 11 is 0. The van der Waals surface area contributed by atoms with E-state index in [0.29, 0.717) is 0 Å². The van der Waals surface area contributed by atoms with Crippen molar-refractivity contribution in [3.05, 3.63) is 32.6 Å². The largest absolute Gasteiger partial charge is 0.394 e. The predicted octanol–water partition coefficient (Wildman–Crippen LogP) is -1.57. The third kappa shape index (κ3) is 1.98. The Bertz CT molecular complexity index is 554. The highest BCUT2D eigenvalue weighted by Crippen LogP contribution is 2.30. The SMILES string of the molecule is Cc1cn(C2O[C@H](CO)C(O)[C@@H]2F)c(=O)[nH]c1=O. The minimum absolute atomic E-state index is 0.215. The number of aliphatic hydroxyl groups excluding tert-OH is 2. The fourth-order valence-electron chi connectivity index (χ4n) is 1.85. The van der Waals surface area contributed by atoms with Gasteiger partial charge in [-0.15, -0.1) is 0 Å². The smallest absolute Gasteiger partial charge is 0.330 e. The molecule has 1 fully saturated rings. The summed E-state index contributed by atoms with van der Waals surface area (Å²) in [6.07, 6.45) is -4.67. The monoisotopic (exact) mass is 260 g/mol. The molecule has 1 aliphatic heterocycles. The van der Waals surface area contributed by atoms with E-state index in [9.17, 15) is 19.1 Å². The van der Waals surface area contributed by atoms with Gasteiger partial charge >= 0.3 is 5.69 Å². The zero-order valence-corrected chi connectivity index (χ0v) is 9.54. The van der Waals surface area contributed by atoms with Crippen molar-refractivity contribution in [2.24, 2.45) is 0 Å². The lowest BCUT2D eigenvalue weighted by Gasteiger charge is -2.15. The number of halogens is 1. The van der Waals surface area contributed by atoms with Gasteiger partial charge in [-0.2, -0.15) is 0 Å². The van der Waals surface area contributed by atoms with Crippen LogP contribution < -0.4 is 11.2 Å². The first-order chi connectivity index (χ1) is 8.45. The second-order valence-electron chi connectivity index (χ2n) is 4.16. The van der Waals surface area contributed by atoms with Gasteiger partial charge in [0.1, 0.15) is 12.2 Å². The van der Waals surface area contributed by atoms with E-state index in [1.165, 1.54) is 6.92 Å². The summed E-state index contributed by atoms with van der Waals surface area (Å²) in [7, 11) is 0. The van der Waals surface area contributed by atoms with Gasteiger partial charge in [-0.25, -0.2) is 9.18 Å². The Morgan fingerprint density at radius 2 is 2.22 bits per heavy atom. The van der Waals surface area contributed by atoms with E-state index in [-0.39, 0.29) is 5.56 Å². The van der Waals surface area contributed by atoms with Gasteiger partial charge < -0.3 is 14.9 Å². The van der Waals surface area contributed by atoms with Crippen molar-refractivity contribution in [1.82, 2.24) is 9.55 Å². The van der Waals surface area contributed by atoms with Crippen LogP contribution in [0, 0.1) is 6.92 Å².